The summed E-state index contributed by atoms with van der Waals surface area (Å²) in [5.74, 6) is 0.0899. The molecule has 0 bridgehead atoms. The number of methoxy groups -OCH3 is 1. The van der Waals surface area contributed by atoms with Crippen molar-refractivity contribution < 1.29 is 14.6 Å². The van der Waals surface area contributed by atoms with E-state index in [-0.39, 0.29) is 6.04 Å². The molecule has 21 heavy (non-hydrogen) atoms. The van der Waals surface area contributed by atoms with Crippen molar-refractivity contribution in [3.05, 3.63) is 29.3 Å². The minimum Gasteiger partial charge on any atom is -0.496 e. The van der Waals surface area contributed by atoms with Crippen LogP contribution in [-0.2, 0) is 4.79 Å². The molecule has 1 aromatic carbocycles. The first-order chi connectivity index (χ1) is 9.90. The molecule has 1 aliphatic rings. The van der Waals surface area contributed by atoms with E-state index in [1.54, 1.807) is 7.11 Å². The third kappa shape index (κ3) is 2.91. The Morgan fingerprint density at radius 2 is 2.14 bits per heavy atom. The average molecular weight is 291 g/mol. The van der Waals surface area contributed by atoms with Crippen LogP contribution in [0.2, 0.25) is 0 Å². The average Bonchev–Trinajstić information content (AvgIpc) is 2.47. The number of carbonyl (C=O) groups is 1. The molecule has 0 radical (unpaired) electrons. The van der Waals surface area contributed by atoms with Gasteiger partial charge >= 0.3 is 5.97 Å². The van der Waals surface area contributed by atoms with Gasteiger partial charge in [-0.25, -0.2) is 0 Å². The summed E-state index contributed by atoms with van der Waals surface area (Å²) in [7, 11) is 1.66. The van der Waals surface area contributed by atoms with Crippen molar-refractivity contribution in [2.75, 3.05) is 13.7 Å². The lowest BCUT2D eigenvalue weighted by atomic mass is 9.85. The molecular weight excluding hydrogens is 266 g/mol. The molecule has 2 atom stereocenters. The predicted octanol–water partition coefficient (Wildman–Crippen LogP) is 3.39. The van der Waals surface area contributed by atoms with Gasteiger partial charge in [0.2, 0.25) is 0 Å². The zero-order valence-corrected chi connectivity index (χ0v) is 13.3. The second-order valence-electron chi connectivity index (χ2n) is 6.15. The first kappa shape index (κ1) is 15.8. The molecule has 2 unspecified atom stereocenters. The minimum atomic E-state index is -0.799. The zero-order valence-electron chi connectivity index (χ0n) is 13.3. The quantitative estimate of drug-likeness (QED) is 0.923. The highest BCUT2D eigenvalue weighted by Gasteiger charge is 2.44. The van der Waals surface area contributed by atoms with Crippen LogP contribution in [0.15, 0.2) is 18.2 Å². The van der Waals surface area contributed by atoms with E-state index in [1.165, 1.54) is 0 Å². The van der Waals surface area contributed by atoms with Crippen LogP contribution in [0.4, 0.5) is 0 Å². The van der Waals surface area contributed by atoms with E-state index in [4.69, 9.17) is 4.74 Å². The fraction of sp³-hybridized carbons (Fsp3) is 0.588. The number of ether oxygens (including phenoxy) is 1. The van der Waals surface area contributed by atoms with Gasteiger partial charge in [0, 0.05) is 11.6 Å². The number of piperidine rings is 1. The van der Waals surface area contributed by atoms with Gasteiger partial charge in [-0.05, 0) is 52.6 Å². The van der Waals surface area contributed by atoms with Crippen LogP contribution in [-0.4, -0.2) is 35.2 Å². The summed E-state index contributed by atoms with van der Waals surface area (Å²) in [5, 5.41) is 9.67. The number of nitrogens with zero attached hydrogens (tertiary/aromatic N) is 1. The van der Waals surface area contributed by atoms with E-state index in [2.05, 4.69) is 17.9 Å². The predicted molar refractivity (Wildman–Crippen MR) is 82.7 cm³/mol. The molecule has 1 N–H and O–H groups in total. The lowest BCUT2D eigenvalue weighted by molar-refractivity contribution is -0.155. The monoisotopic (exact) mass is 291 g/mol. The maximum absolute atomic E-state index is 11.8. The van der Waals surface area contributed by atoms with Crippen LogP contribution in [0.5, 0.6) is 5.75 Å². The molecule has 0 saturated carbocycles. The highest BCUT2D eigenvalue weighted by atomic mass is 16.5. The number of rotatable bonds is 4. The fourth-order valence-corrected chi connectivity index (χ4v) is 3.34. The second kappa shape index (κ2) is 6.06. The molecule has 4 nitrogen and oxygen atoms in total. The summed E-state index contributed by atoms with van der Waals surface area (Å²) in [6.45, 7) is 6.76. The van der Waals surface area contributed by atoms with Crippen molar-refractivity contribution in [1.82, 2.24) is 4.90 Å². The Morgan fingerprint density at radius 3 is 2.76 bits per heavy atom. The van der Waals surface area contributed by atoms with Gasteiger partial charge in [-0.3, -0.25) is 9.69 Å². The van der Waals surface area contributed by atoms with E-state index < -0.39 is 11.5 Å². The van der Waals surface area contributed by atoms with Gasteiger partial charge in [0.25, 0.3) is 0 Å². The molecule has 1 aromatic rings. The Kier molecular flexibility index (Phi) is 4.57. The summed E-state index contributed by atoms with van der Waals surface area (Å²) in [6, 6.07) is 6.09. The highest BCUT2D eigenvalue weighted by molar-refractivity contribution is 5.78. The number of benzene rings is 1. The number of likely N-dealkylation sites (tertiary alicyclic amines) is 1. The van der Waals surface area contributed by atoms with Gasteiger partial charge in [0.1, 0.15) is 11.3 Å². The van der Waals surface area contributed by atoms with Crippen LogP contribution >= 0.6 is 0 Å². The maximum atomic E-state index is 11.8. The largest absolute Gasteiger partial charge is 0.496 e. The van der Waals surface area contributed by atoms with Crippen LogP contribution in [0.3, 0.4) is 0 Å². The Bertz CT molecular complexity index is 529. The lowest BCUT2D eigenvalue weighted by Crippen LogP contribution is -2.55. The molecule has 0 spiro atoms. The summed E-state index contributed by atoms with van der Waals surface area (Å²) in [5.41, 5.74) is 1.42. The van der Waals surface area contributed by atoms with Crippen molar-refractivity contribution in [2.24, 2.45) is 0 Å². The molecule has 116 valence electrons. The van der Waals surface area contributed by atoms with E-state index in [1.807, 2.05) is 26.0 Å². The van der Waals surface area contributed by atoms with Crippen LogP contribution in [0.25, 0.3) is 0 Å². The third-order valence-electron chi connectivity index (χ3n) is 4.71. The smallest absolute Gasteiger partial charge is 0.323 e. The van der Waals surface area contributed by atoms with Gasteiger partial charge in [0.05, 0.1) is 7.11 Å². The van der Waals surface area contributed by atoms with Crippen molar-refractivity contribution in [1.29, 1.82) is 0 Å². The molecule has 1 heterocycles. The Balaban J connectivity index is 2.40. The standard InChI is InChI=1S/C17H25NO3/c1-12-7-8-15(21-4)14(11-12)13(2)18-10-6-5-9-17(18,3)16(19)20/h7-8,11,13H,5-6,9-10H2,1-4H3,(H,19,20). The molecule has 0 aliphatic carbocycles. The maximum Gasteiger partial charge on any atom is 0.323 e. The van der Waals surface area contributed by atoms with E-state index in [9.17, 15) is 9.90 Å². The van der Waals surface area contributed by atoms with E-state index in [0.717, 1.165) is 36.3 Å². The number of carboxylic acids is 1. The van der Waals surface area contributed by atoms with Gasteiger partial charge in [-0.1, -0.05) is 17.7 Å². The van der Waals surface area contributed by atoms with Crippen LogP contribution < -0.4 is 4.74 Å². The normalized spacial score (nSPS) is 24.6. The molecule has 1 fully saturated rings. The summed E-state index contributed by atoms with van der Waals surface area (Å²) in [6.07, 6.45) is 2.71. The fourth-order valence-electron chi connectivity index (χ4n) is 3.34. The summed E-state index contributed by atoms with van der Waals surface area (Å²) < 4.78 is 5.47. The van der Waals surface area contributed by atoms with E-state index >= 15 is 0 Å². The van der Waals surface area contributed by atoms with Crippen molar-refractivity contribution in [3.63, 3.8) is 0 Å². The molecule has 1 aliphatic heterocycles. The summed E-state index contributed by atoms with van der Waals surface area (Å²) in [4.78, 5) is 13.9. The molecule has 2 rings (SSSR count). The molecule has 0 amide bonds. The highest BCUT2D eigenvalue weighted by Crippen LogP contribution is 2.38. The number of aliphatic carboxylic acids is 1. The van der Waals surface area contributed by atoms with Gasteiger partial charge < -0.3 is 9.84 Å². The topological polar surface area (TPSA) is 49.8 Å². The number of hydrogen-bond acceptors (Lipinski definition) is 3. The van der Waals surface area contributed by atoms with E-state index in [0.29, 0.717) is 6.42 Å². The Labute approximate surface area is 126 Å². The second-order valence-corrected chi connectivity index (χ2v) is 6.15. The molecular formula is C17H25NO3. The minimum absolute atomic E-state index is 0.0150. The van der Waals surface area contributed by atoms with Crippen molar-refractivity contribution >= 4 is 5.97 Å². The van der Waals surface area contributed by atoms with Crippen molar-refractivity contribution in [2.45, 2.75) is 51.6 Å². The first-order valence-corrected chi connectivity index (χ1v) is 7.55. The van der Waals surface area contributed by atoms with Gasteiger partial charge in [-0.2, -0.15) is 0 Å². The Hall–Kier alpha value is -1.55. The number of carboxylic acid groups (broad SMARTS) is 1. The van der Waals surface area contributed by atoms with Gasteiger partial charge in [-0.15, -0.1) is 0 Å². The lowest BCUT2D eigenvalue weighted by Gasteiger charge is -2.45. The third-order valence-corrected chi connectivity index (χ3v) is 4.71. The molecule has 4 heteroatoms. The number of aryl methyl sites for hydroxylation is 1. The SMILES string of the molecule is COc1ccc(C)cc1C(C)N1CCCCC1(C)C(=O)O. The first-order valence-electron chi connectivity index (χ1n) is 7.55. The number of hydrogen-bond donors (Lipinski definition) is 1. The van der Waals surface area contributed by atoms with Crippen molar-refractivity contribution in [3.8, 4) is 5.75 Å². The van der Waals surface area contributed by atoms with Crippen LogP contribution in [0.1, 0.15) is 50.3 Å². The van der Waals surface area contributed by atoms with Crippen LogP contribution in [0, 0.1) is 6.92 Å². The Morgan fingerprint density at radius 1 is 1.43 bits per heavy atom. The summed E-state index contributed by atoms with van der Waals surface area (Å²) >= 11 is 0. The zero-order chi connectivity index (χ0) is 15.6. The molecule has 0 aromatic heterocycles. The van der Waals surface area contributed by atoms with Gasteiger partial charge in [0.15, 0.2) is 0 Å². The molecule has 1 saturated heterocycles.